The fourth-order valence-electron chi connectivity index (χ4n) is 2.99. The molecule has 5 nitrogen and oxygen atoms in total. The lowest BCUT2D eigenvalue weighted by atomic mass is 10.1. The third-order valence-electron chi connectivity index (χ3n) is 4.39. The lowest BCUT2D eigenvalue weighted by molar-refractivity contribution is -0.117. The van der Waals surface area contributed by atoms with Crippen LogP contribution in [-0.4, -0.2) is 92.1 Å². The van der Waals surface area contributed by atoms with E-state index in [1.807, 2.05) is 0 Å². The summed E-state index contributed by atoms with van der Waals surface area (Å²) in [6.45, 7) is 9.15. The van der Waals surface area contributed by atoms with E-state index in [9.17, 15) is 5.11 Å². The summed E-state index contributed by atoms with van der Waals surface area (Å²) in [5.74, 6) is 0. The molecule has 2 aliphatic heterocycles. The summed E-state index contributed by atoms with van der Waals surface area (Å²) in [6.07, 6.45) is 4.47. The van der Waals surface area contributed by atoms with Crippen molar-refractivity contribution < 1.29 is 9.84 Å². The van der Waals surface area contributed by atoms with Crippen molar-refractivity contribution in [3.05, 3.63) is 0 Å². The van der Waals surface area contributed by atoms with Gasteiger partial charge in [0.15, 0.2) is 6.29 Å². The quantitative estimate of drug-likeness (QED) is 0.543. The van der Waals surface area contributed by atoms with Crippen LogP contribution in [0.15, 0.2) is 0 Å². The Morgan fingerprint density at radius 3 is 2.35 bits per heavy atom. The van der Waals surface area contributed by atoms with Crippen molar-refractivity contribution in [2.75, 3.05) is 66.0 Å². The smallest absolute Gasteiger partial charge is 0.167 e. The molecule has 0 aliphatic carbocycles. The Bertz CT molecular complexity index is 252. The van der Waals surface area contributed by atoms with Crippen molar-refractivity contribution in [1.82, 2.24) is 14.7 Å². The van der Waals surface area contributed by atoms with Crippen molar-refractivity contribution in [3.63, 3.8) is 0 Å². The van der Waals surface area contributed by atoms with E-state index in [2.05, 4.69) is 21.7 Å². The summed E-state index contributed by atoms with van der Waals surface area (Å²) < 4.78 is 5.54. The predicted molar refractivity (Wildman–Crippen MR) is 80.8 cm³/mol. The molecule has 5 heteroatoms. The van der Waals surface area contributed by atoms with Crippen LogP contribution in [0.1, 0.15) is 25.7 Å². The van der Waals surface area contributed by atoms with Crippen LogP contribution in [0.3, 0.4) is 0 Å². The lowest BCUT2D eigenvalue weighted by Gasteiger charge is -2.33. The number of β-amino-alcohol motifs (C(OH)–C–C–N with tert-alkyl or cyclic N) is 1. The molecule has 1 atom stereocenters. The molecule has 1 unspecified atom stereocenters. The summed E-state index contributed by atoms with van der Waals surface area (Å²) in [4.78, 5) is 7.12. The number of likely N-dealkylation sites (N-methyl/N-ethyl adjacent to an activating group) is 1. The number of piperidine rings is 1. The molecule has 2 fully saturated rings. The van der Waals surface area contributed by atoms with Gasteiger partial charge in [-0.3, -0.25) is 4.90 Å². The Kier molecular flexibility index (Phi) is 7.24. The molecule has 0 aromatic rings. The Morgan fingerprint density at radius 1 is 0.950 bits per heavy atom. The third-order valence-corrected chi connectivity index (χ3v) is 4.39. The average Bonchev–Trinajstić information content (AvgIpc) is 2.47. The molecule has 0 saturated carbocycles. The van der Waals surface area contributed by atoms with E-state index in [4.69, 9.17) is 4.74 Å². The monoisotopic (exact) mass is 285 g/mol. The van der Waals surface area contributed by atoms with Gasteiger partial charge < -0.3 is 19.6 Å². The molecule has 2 saturated heterocycles. The second-order valence-corrected chi connectivity index (χ2v) is 6.19. The second kappa shape index (κ2) is 8.95. The number of hydrogen-bond acceptors (Lipinski definition) is 5. The second-order valence-electron chi connectivity index (χ2n) is 6.19. The highest BCUT2D eigenvalue weighted by molar-refractivity contribution is 4.70. The highest BCUT2D eigenvalue weighted by Gasteiger charge is 2.17. The molecular formula is C15H31N3O2. The molecule has 0 radical (unpaired) electrons. The van der Waals surface area contributed by atoms with Crippen LogP contribution in [-0.2, 0) is 4.74 Å². The number of nitrogens with zero attached hydrogens (tertiary/aromatic N) is 3. The van der Waals surface area contributed by atoms with Gasteiger partial charge in [-0.25, -0.2) is 0 Å². The summed E-state index contributed by atoms with van der Waals surface area (Å²) in [6, 6.07) is 0. The van der Waals surface area contributed by atoms with E-state index < -0.39 is 6.29 Å². The van der Waals surface area contributed by atoms with Gasteiger partial charge in [0.1, 0.15) is 0 Å². The molecule has 2 aliphatic rings. The zero-order valence-electron chi connectivity index (χ0n) is 13.0. The fourth-order valence-corrected chi connectivity index (χ4v) is 2.99. The number of ether oxygens (including phenoxy) is 1. The van der Waals surface area contributed by atoms with Gasteiger partial charge in [-0.2, -0.15) is 0 Å². The molecule has 2 rings (SSSR count). The molecule has 1 N–H and O–H groups in total. The summed E-state index contributed by atoms with van der Waals surface area (Å²) in [5.41, 5.74) is 0. The van der Waals surface area contributed by atoms with E-state index in [0.717, 1.165) is 39.1 Å². The van der Waals surface area contributed by atoms with E-state index in [1.54, 1.807) is 0 Å². The molecule has 2 heterocycles. The van der Waals surface area contributed by atoms with Crippen molar-refractivity contribution in [2.45, 2.75) is 32.0 Å². The topological polar surface area (TPSA) is 39.2 Å². The first-order valence-corrected chi connectivity index (χ1v) is 8.17. The highest BCUT2D eigenvalue weighted by Crippen LogP contribution is 2.09. The van der Waals surface area contributed by atoms with Gasteiger partial charge >= 0.3 is 0 Å². The molecule has 0 aromatic heterocycles. The Labute approximate surface area is 123 Å². The minimum atomic E-state index is -0.625. The molecule has 118 valence electrons. The summed E-state index contributed by atoms with van der Waals surface area (Å²) >= 11 is 0. The van der Waals surface area contributed by atoms with Crippen LogP contribution >= 0.6 is 0 Å². The van der Waals surface area contributed by atoms with E-state index in [0.29, 0.717) is 13.2 Å². The van der Waals surface area contributed by atoms with Crippen LogP contribution < -0.4 is 0 Å². The Morgan fingerprint density at radius 2 is 1.65 bits per heavy atom. The number of likely N-dealkylation sites (tertiary alicyclic amines) is 1. The SMILES string of the molecule is CN1CCN(CC(O)OCCCN2CCCCC2)CC1. The van der Waals surface area contributed by atoms with Crippen LogP contribution in [0.25, 0.3) is 0 Å². The van der Waals surface area contributed by atoms with Crippen LogP contribution in [0, 0.1) is 0 Å². The number of aliphatic hydroxyl groups excluding tert-OH is 1. The first-order valence-electron chi connectivity index (χ1n) is 8.17. The Balaban J connectivity index is 1.48. The molecule has 0 spiro atoms. The minimum Gasteiger partial charge on any atom is -0.367 e. The summed E-state index contributed by atoms with van der Waals surface area (Å²) in [7, 11) is 2.14. The zero-order chi connectivity index (χ0) is 14.2. The molecular weight excluding hydrogens is 254 g/mol. The fraction of sp³-hybridized carbons (Fsp3) is 1.00. The largest absolute Gasteiger partial charge is 0.367 e. The van der Waals surface area contributed by atoms with Crippen molar-refractivity contribution in [1.29, 1.82) is 0 Å². The van der Waals surface area contributed by atoms with Gasteiger partial charge in [-0.1, -0.05) is 6.42 Å². The standard InChI is InChI=1S/C15H31N3O2/c1-16-9-11-18(12-10-16)14-15(19)20-13-5-8-17-6-3-2-4-7-17/h15,19H,2-14H2,1H3. The molecule has 0 amide bonds. The van der Waals surface area contributed by atoms with Crippen molar-refractivity contribution in [3.8, 4) is 0 Å². The van der Waals surface area contributed by atoms with E-state index >= 15 is 0 Å². The van der Waals surface area contributed by atoms with Crippen molar-refractivity contribution in [2.24, 2.45) is 0 Å². The van der Waals surface area contributed by atoms with Crippen molar-refractivity contribution >= 4 is 0 Å². The number of rotatable bonds is 7. The van der Waals surface area contributed by atoms with Crippen LogP contribution in [0.5, 0.6) is 0 Å². The van der Waals surface area contributed by atoms with Gasteiger partial charge in [0.25, 0.3) is 0 Å². The normalized spacial score (nSPS) is 24.9. The highest BCUT2D eigenvalue weighted by atomic mass is 16.6. The Hall–Kier alpha value is -0.200. The predicted octanol–water partition coefficient (Wildman–Crippen LogP) is 0.445. The number of hydrogen-bond donors (Lipinski definition) is 1. The molecule has 0 aromatic carbocycles. The lowest BCUT2D eigenvalue weighted by Crippen LogP contribution is -2.47. The van der Waals surface area contributed by atoms with Gasteiger partial charge in [0.2, 0.25) is 0 Å². The maximum absolute atomic E-state index is 9.91. The molecule has 20 heavy (non-hydrogen) atoms. The van der Waals surface area contributed by atoms with Crippen LogP contribution in [0.2, 0.25) is 0 Å². The first kappa shape index (κ1) is 16.2. The van der Waals surface area contributed by atoms with E-state index in [1.165, 1.54) is 32.4 Å². The number of piperazine rings is 1. The van der Waals surface area contributed by atoms with Gasteiger partial charge in [0, 0.05) is 39.3 Å². The van der Waals surface area contributed by atoms with Gasteiger partial charge in [-0.15, -0.1) is 0 Å². The first-order chi connectivity index (χ1) is 9.74. The van der Waals surface area contributed by atoms with E-state index in [-0.39, 0.29) is 0 Å². The van der Waals surface area contributed by atoms with Gasteiger partial charge in [0.05, 0.1) is 6.61 Å². The van der Waals surface area contributed by atoms with Gasteiger partial charge in [-0.05, 0) is 39.4 Å². The summed E-state index contributed by atoms with van der Waals surface area (Å²) in [5, 5.41) is 9.91. The zero-order valence-corrected chi connectivity index (χ0v) is 13.0. The average molecular weight is 285 g/mol. The third kappa shape index (κ3) is 6.06. The maximum Gasteiger partial charge on any atom is 0.167 e. The van der Waals surface area contributed by atoms with Crippen LogP contribution in [0.4, 0.5) is 0 Å². The molecule has 0 bridgehead atoms. The maximum atomic E-state index is 9.91. The number of aliphatic hydroxyl groups is 1. The minimum absolute atomic E-state index is 0.625.